The molecule has 0 N–H and O–H groups in total. The van der Waals surface area contributed by atoms with Crippen LogP contribution in [0.15, 0.2) is 75.5 Å². The van der Waals surface area contributed by atoms with Crippen LogP contribution in [0.4, 0.5) is 0 Å². The molecule has 5 heteroatoms. The summed E-state index contributed by atoms with van der Waals surface area (Å²) in [6.07, 6.45) is 0. The van der Waals surface area contributed by atoms with E-state index < -0.39 is 0 Å². The van der Waals surface area contributed by atoms with Crippen molar-refractivity contribution in [3.05, 3.63) is 87.8 Å². The van der Waals surface area contributed by atoms with Crippen molar-refractivity contribution in [1.82, 2.24) is 9.55 Å². The van der Waals surface area contributed by atoms with Gasteiger partial charge in [-0.3, -0.25) is 9.36 Å². The lowest BCUT2D eigenvalue weighted by molar-refractivity contribution is 0.488. The van der Waals surface area contributed by atoms with E-state index in [4.69, 9.17) is 0 Å². The van der Waals surface area contributed by atoms with Crippen LogP contribution in [0.2, 0.25) is 0 Å². The monoisotopic (exact) mass is 380 g/mol. The third-order valence-electron chi connectivity index (χ3n) is 4.50. The summed E-state index contributed by atoms with van der Waals surface area (Å²) in [7, 11) is 0. The second kappa shape index (κ2) is 7.33. The first kappa shape index (κ1) is 17.4. The maximum Gasteiger partial charge on any atom is 0.254 e. The number of benzene rings is 2. The second-order valence-corrected chi connectivity index (χ2v) is 8.82. The topological polar surface area (TPSA) is 34.9 Å². The van der Waals surface area contributed by atoms with E-state index in [9.17, 15) is 4.79 Å². The molecule has 1 aliphatic rings. The molecule has 0 saturated carbocycles. The number of aromatic nitrogens is 2. The van der Waals surface area contributed by atoms with Crippen LogP contribution < -0.4 is 5.56 Å². The Morgan fingerprint density at radius 1 is 1.08 bits per heavy atom. The Bertz CT molecular complexity index is 968. The van der Waals surface area contributed by atoms with Crippen molar-refractivity contribution < 1.29 is 0 Å². The van der Waals surface area contributed by atoms with Gasteiger partial charge in [-0.2, -0.15) is 0 Å². The SMILES string of the molecule is Cc1ccc(S[C@H]2CSc3nc(C)cc(=O)n3[C@H]2c2ccccc2)cc1. The van der Waals surface area contributed by atoms with Gasteiger partial charge in [0.1, 0.15) is 0 Å². The highest BCUT2D eigenvalue weighted by Gasteiger charge is 2.33. The van der Waals surface area contributed by atoms with Gasteiger partial charge in [-0.1, -0.05) is 59.8 Å². The summed E-state index contributed by atoms with van der Waals surface area (Å²) in [5.41, 5.74) is 3.23. The molecule has 2 atom stereocenters. The number of hydrogen-bond acceptors (Lipinski definition) is 4. The molecule has 0 aliphatic carbocycles. The summed E-state index contributed by atoms with van der Waals surface area (Å²) in [5.74, 6) is 0.925. The lowest BCUT2D eigenvalue weighted by atomic mass is 10.0. The summed E-state index contributed by atoms with van der Waals surface area (Å²) in [5, 5.41) is 1.09. The zero-order valence-corrected chi connectivity index (χ0v) is 16.4. The van der Waals surface area contributed by atoms with Crippen LogP contribution in [-0.4, -0.2) is 20.6 Å². The van der Waals surface area contributed by atoms with Crippen LogP contribution in [0.5, 0.6) is 0 Å². The molecule has 132 valence electrons. The van der Waals surface area contributed by atoms with E-state index in [1.165, 1.54) is 10.5 Å². The predicted octanol–water partition coefficient (Wildman–Crippen LogP) is 4.72. The summed E-state index contributed by atoms with van der Waals surface area (Å²) < 4.78 is 1.88. The van der Waals surface area contributed by atoms with Gasteiger partial charge in [0.05, 0.1) is 6.04 Å². The summed E-state index contributed by atoms with van der Waals surface area (Å²) in [6.45, 7) is 3.98. The van der Waals surface area contributed by atoms with Crippen molar-refractivity contribution in [1.29, 1.82) is 0 Å². The molecule has 26 heavy (non-hydrogen) atoms. The molecule has 1 aromatic heterocycles. The third kappa shape index (κ3) is 3.46. The Morgan fingerprint density at radius 3 is 2.54 bits per heavy atom. The van der Waals surface area contributed by atoms with E-state index in [1.807, 2.05) is 41.5 Å². The van der Waals surface area contributed by atoms with Crippen LogP contribution >= 0.6 is 23.5 Å². The lowest BCUT2D eigenvalue weighted by Gasteiger charge is -2.34. The Kier molecular flexibility index (Phi) is 4.92. The van der Waals surface area contributed by atoms with Crippen LogP contribution in [0.25, 0.3) is 0 Å². The van der Waals surface area contributed by atoms with Gasteiger partial charge in [0.25, 0.3) is 5.56 Å². The molecule has 0 fully saturated rings. The van der Waals surface area contributed by atoms with E-state index in [-0.39, 0.29) is 16.9 Å². The Hall–Kier alpha value is -1.98. The summed E-state index contributed by atoms with van der Waals surface area (Å²) in [6, 6.07) is 20.5. The molecule has 0 unspecified atom stereocenters. The van der Waals surface area contributed by atoms with Gasteiger partial charge in [0.2, 0.25) is 0 Å². The average molecular weight is 381 g/mol. The molecular formula is C21H20N2OS2. The van der Waals surface area contributed by atoms with Crippen molar-refractivity contribution in [2.75, 3.05) is 5.75 Å². The Balaban J connectivity index is 1.78. The van der Waals surface area contributed by atoms with Gasteiger partial charge >= 0.3 is 0 Å². The van der Waals surface area contributed by atoms with Gasteiger partial charge in [-0.25, -0.2) is 4.98 Å². The molecule has 4 rings (SSSR count). The standard InChI is InChI=1S/C21H20N2OS2/c1-14-8-10-17(11-9-14)26-18-13-25-21-22-15(2)12-19(24)23(21)20(18)16-6-4-3-5-7-16/h3-12,18,20H,13H2,1-2H3/t18-,20-/m0/s1. The zero-order chi connectivity index (χ0) is 18.1. The van der Waals surface area contributed by atoms with E-state index in [2.05, 4.69) is 48.3 Å². The van der Waals surface area contributed by atoms with E-state index in [1.54, 1.807) is 17.8 Å². The first-order valence-corrected chi connectivity index (χ1v) is 10.5. The number of hydrogen-bond donors (Lipinski definition) is 0. The number of fused-ring (bicyclic) bond motifs is 1. The molecule has 0 bridgehead atoms. The van der Waals surface area contributed by atoms with Crippen LogP contribution in [0.1, 0.15) is 22.9 Å². The van der Waals surface area contributed by atoms with Crippen molar-refractivity contribution >= 4 is 23.5 Å². The minimum absolute atomic E-state index is 0.0145. The molecule has 0 saturated heterocycles. The fourth-order valence-corrected chi connectivity index (χ4v) is 5.83. The maximum atomic E-state index is 12.8. The smallest absolute Gasteiger partial charge is 0.254 e. The predicted molar refractivity (Wildman–Crippen MR) is 109 cm³/mol. The highest BCUT2D eigenvalue weighted by atomic mass is 32.2. The van der Waals surface area contributed by atoms with Gasteiger partial charge < -0.3 is 0 Å². The number of aryl methyl sites for hydroxylation is 2. The number of thioether (sulfide) groups is 2. The van der Waals surface area contributed by atoms with Gasteiger partial charge in [-0.15, -0.1) is 11.8 Å². The highest BCUT2D eigenvalue weighted by Crippen LogP contribution is 2.42. The minimum atomic E-state index is -0.0145. The molecule has 3 nitrogen and oxygen atoms in total. The quantitative estimate of drug-likeness (QED) is 0.616. The first-order chi connectivity index (χ1) is 12.6. The highest BCUT2D eigenvalue weighted by molar-refractivity contribution is 8.03. The maximum absolute atomic E-state index is 12.8. The van der Waals surface area contributed by atoms with E-state index in [0.29, 0.717) is 0 Å². The molecule has 0 radical (unpaired) electrons. The Labute approximate surface area is 161 Å². The van der Waals surface area contributed by atoms with Gasteiger partial charge in [0, 0.05) is 27.7 Å². The van der Waals surface area contributed by atoms with Gasteiger partial charge in [0.15, 0.2) is 5.16 Å². The van der Waals surface area contributed by atoms with Crippen LogP contribution in [0.3, 0.4) is 0 Å². The van der Waals surface area contributed by atoms with Crippen molar-refractivity contribution in [3.8, 4) is 0 Å². The fraction of sp³-hybridized carbons (Fsp3) is 0.238. The third-order valence-corrected chi connectivity index (χ3v) is 7.06. The number of rotatable bonds is 3. The molecule has 1 aliphatic heterocycles. The molecular weight excluding hydrogens is 360 g/mol. The summed E-state index contributed by atoms with van der Waals surface area (Å²) in [4.78, 5) is 18.7. The van der Waals surface area contributed by atoms with Crippen molar-refractivity contribution in [2.24, 2.45) is 0 Å². The second-order valence-electron chi connectivity index (χ2n) is 6.52. The molecule has 2 aromatic carbocycles. The summed E-state index contributed by atoms with van der Waals surface area (Å²) >= 11 is 3.52. The average Bonchev–Trinajstić information content (AvgIpc) is 2.64. The first-order valence-electron chi connectivity index (χ1n) is 8.63. The van der Waals surface area contributed by atoms with E-state index in [0.717, 1.165) is 22.2 Å². The van der Waals surface area contributed by atoms with Crippen molar-refractivity contribution in [3.63, 3.8) is 0 Å². The molecule has 3 aromatic rings. The molecule has 2 heterocycles. The lowest BCUT2D eigenvalue weighted by Crippen LogP contribution is -2.38. The van der Waals surface area contributed by atoms with Gasteiger partial charge in [-0.05, 0) is 31.5 Å². The van der Waals surface area contributed by atoms with Crippen LogP contribution in [-0.2, 0) is 0 Å². The number of nitrogens with zero attached hydrogens (tertiary/aromatic N) is 2. The normalized spacial score (nSPS) is 19.2. The van der Waals surface area contributed by atoms with Crippen LogP contribution in [0, 0.1) is 13.8 Å². The largest absolute Gasteiger partial charge is 0.279 e. The van der Waals surface area contributed by atoms with E-state index >= 15 is 0 Å². The molecule has 0 spiro atoms. The Morgan fingerprint density at radius 2 is 1.81 bits per heavy atom. The minimum Gasteiger partial charge on any atom is -0.279 e. The molecule has 0 amide bonds. The van der Waals surface area contributed by atoms with Crippen molar-refractivity contribution in [2.45, 2.75) is 35.2 Å². The zero-order valence-electron chi connectivity index (χ0n) is 14.8. The fourth-order valence-electron chi connectivity index (χ4n) is 3.26.